The molecule has 0 unspecified atom stereocenters. The quantitative estimate of drug-likeness (QED) is 0.890. The van der Waals surface area contributed by atoms with E-state index in [1.165, 1.54) is 0 Å². The van der Waals surface area contributed by atoms with Crippen molar-refractivity contribution < 1.29 is 19.1 Å². The van der Waals surface area contributed by atoms with Crippen LogP contribution in [0.25, 0.3) is 0 Å². The zero-order valence-electron chi connectivity index (χ0n) is 15.6. The number of fused-ring (bicyclic) bond motifs is 1. The van der Waals surface area contributed by atoms with Crippen molar-refractivity contribution in [2.45, 2.75) is 20.3 Å². The highest BCUT2D eigenvalue weighted by molar-refractivity contribution is 6.04. The highest BCUT2D eigenvalue weighted by Gasteiger charge is 2.36. The van der Waals surface area contributed by atoms with Gasteiger partial charge in [-0.15, -0.1) is 0 Å². The molecule has 0 aliphatic carbocycles. The van der Waals surface area contributed by atoms with Crippen molar-refractivity contribution in [3.63, 3.8) is 0 Å². The van der Waals surface area contributed by atoms with E-state index in [0.29, 0.717) is 42.6 Å². The molecule has 27 heavy (non-hydrogen) atoms. The maximum atomic E-state index is 12.7. The van der Waals surface area contributed by atoms with Gasteiger partial charge in [0.25, 0.3) is 0 Å². The zero-order valence-corrected chi connectivity index (χ0v) is 15.6. The first-order chi connectivity index (χ1) is 12.9. The number of carbonyl (C=O) groups is 2. The van der Waals surface area contributed by atoms with Crippen LogP contribution in [0.3, 0.4) is 0 Å². The Labute approximate surface area is 157 Å². The number of hydrogen-bond acceptors (Lipinski definition) is 5. The van der Waals surface area contributed by atoms with Crippen molar-refractivity contribution in [2.75, 3.05) is 30.0 Å². The normalized spacial score (nSPS) is 18.7. The van der Waals surface area contributed by atoms with Gasteiger partial charge in [0.1, 0.15) is 13.2 Å². The molecule has 0 radical (unpaired) electrons. The Bertz CT molecular complexity index is 921. The minimum absolute atomic E-state index is 0.0774. The number of anilines is 2. The molecule has 1 N–H and O–H groups in total. The second-order valence-corrected chi connectivity index (χ2v) is 6.89. The molecule has 1 saturated heterocycles. The van der Waals surface area contributed by atoms with Crippen LogP contribution in [0.5, 0.6) is 11.5 Å². The molecule has 0 bridgehead atoms. The smallest absolute Gasteiger partial charge is 0.229 e. The molecule has 3 heterocycles. The fraction of sp³-hybridized carbons (Fsp3) is 0.421. The van der Waals surface area contributed by atoms with Gasteiger partial charge in [0.05, 0.1) is 23.0 Å². The van der Waals surface area contributed by atoms with Crippen LogP contribution in [-0.2, 0) is 16.6 Å². The van der Waals surface area contributed by atoms with Crippen molar-refractivity contribution >= 4 is 23.2 Å². The van der Waals surface area contributed by atoms with Gasteiger partial charge in [0, 0.05) is 31.8 Å². The van der Waals surface area contributed by atoms with E-state index in [-0.39, 0.29) is 18.2 Å². The number of carbonyl (C=O) groups excluding carboxylic acids is 2. The molecular weight excluding hydrogens is 348 g/mol. The minimum atomic E-state index is -0.412. The highest BCUT2D eigenvalue weighted by Crippen LogP contribution is 2.36. The van der Waals surface area contributed by atoms with Crippen molar-refractivity contribution in [1.82, 2.24) is 9.78 Å². The molecule has 1 aromatic heterocycles. The summed E-state index contributed by atoms with van der Waals surface area (Å²) in [7, 11) is 1.83. The summed E-state index contributed by atoms with van der Waals surface area (Å²) in [5, 5.41) is 7.25. The SMILES string of the molecule is Cc1nn(C)c(C)c1NC(=O)[C@@H]1CC(=O)N(c2ccc3c(c2)OCCO3)C1. The number of amides is 2. The predicted molar refractivity (Wildman–Crippen MR) is 99.2 cm³/mol. The first kappa shape index (κ1) is 17.4. The van der Waals surface area contributed by atoms with Crippen LogP contribution < -0.4 is 19.7 Å². The second kappa shape index (κ2) is 6.61. The molecule has 2 aromatic rings. The summed E-state index contributed by atoms with van der Waals surface area (Å²) in [4.78, 5) is 26.8. The highest BCUT2D eigenvalue weighted by atomic mass is 16.6. The van der Waals surface area contributed by atoms with Crippen LogP contribution in [0.2, 0.25) is 0 Å². The summed E-state index contributed by atoms with van der Waals surface area (Å²) in [6.07, 6.45) is 0.179. The Morgan fingerprint density at radius 2 is 1.96 bits per heavy atom. The molecular formula is C19H22N4O4. The van der Waals surface area contributed by atoms with E-state index < -0.39 is 5.92 Å². The molecule has 1 atom stereocenters. The fourth-order valence-electron chi connectivity index (χ4n) is 3.51. The van der Waals surface area contributed by atoms with E-state index in [1.807, 2.05) is 27.0 Å². The van der Waals surface area contributed by atoms with E-state index in [1.54, 1.807) is 21.7 Å². The van der Waals surface area contributed by atoms with Gasteiger partial charge >= 0.3 is 0 Å². The van der Waals surface area contributed by atoms with E-state index >= 15 is 0 Å². The number of aromatic nitrogens is 2. The Morgan fingerprint density at radius 1 is 1.22 bits per heavy atom. The molecule has 2 aliphatic rings. The van der Waals surface area contributed by atoms with Crippen LogP contribution in [0.1, 0.15) is 17.8 Å². The molecule has 1 fully saturated rings. The largest absolute Gasteiger partial charge is 0.486 e. The van der Waals surface area contributed by atoms with Crippen molar-refractivity contribution in [3.8, 4) is 11.5 Å². The number of benzene rings is 1. The molecule has 0 saturated carbocycles. The maximum Gasteiger partial charge on any atom is 0.229 e. The lowest BCUT2D eigenvalue weighted by Gasteiger charge is -2.22. The topological polar surface area (TPSA) is 85.7 Å². The lowest BCUT2D eigenvalue weighted by Crippen LogP contribution is -2.28. The second-order valence-electron chi connectivity index (χ2n) is 6.89. The van der Waals surface area contributed by atoms with Crippen LogP contribution in [-0.4, -0.2) is 41.4 Å². The van der Waals surface area contributed by atoms with Gasteiger partial charge in [0.2, 0.25) is 11.8 Å². The number of aryl methyl sites for hydroxylation is 2. The maximum absolute atomic E-state index is 12.7. The fourth-order valence-corrected chi connectivity index (χ4v) is 3.51. The average molecular weight is 370 g/mol. The van der Waals surface area contributed by atoms with Crippen LogP contribution >= 0.6 is 0 Å². The lowest BCUT2D eigenvalue weighted by molar-refractivity contribution is -0.122. The molecule has 2 aliphatic heterocycles. The first-order valence-corrected chi connectivity index (χ1v) is 8.95. The number of hydrogen-bond donors (Lipinski definition) is 1. The van der Waals surface area contributed by atoms with Crippen LogP contribution in [0.4, 0.5) is 11.4 Å². The average Bonchev–Trinajstić information content (AvgIpc) is 3.16. The van der Waals surface area contributed by atoms with Crippen molar-refractivity contribution in [3.05, 3.63) is 29.6 Å². The predicted octanol–water partition coefficient (Wildman–Crippen LogP) is 1.80. The number of nitrogens with zero attached hydrogens (tertiary/aromatic N) is 3. The Morgan fingerprint density at radius 3 is 2.67 bits per heavy atom. The van der Waals surface area contributed by atoms with Crippen molar-refractivity contribution in [2.24, 2.45) is 13.0 Å². The minimum Gasteiger partial charge on any atom is -0.486 e. The molecule has 142 valence electrons. The third-order valence-electron chi connectivity index (χ3n) is 5.09. The first-order valence-electron chi connectivity index (χ1n) is 8.95. The van der Waals surface area contributed by atoms with E-state index in [0.717, 1.165) is 11.4 Å². The van der Waals surface area contributed by atoms with E-state index in [9.17, 15) is 9.59 Å². The van der Waals surface area contributed by atoms with Crippen LogP contribution in [0, 0.1) is 19.8 Å². The molecule has 8 heteroatoms. The van der Waals surface area contributed by atoms with Gasteiger partial charge < -0.3 is 19.7 Å². The Kier molecular flexibility index (Phi) is 4.25. The number of nitrogens with one attached hydrogen (secondary N) is 1. The third kappa shape index (κ3) is 3.11. The van der Waals surface area contributed by atoms with Gasteiger partial charge in [-0.25, -0.2) is 0 Å². The lowest BCUT2D eigenvalue weighted by atomic mass is 10.1. The summed E-state index contributed by atoms with van der Waals surface area (Å²) in [5.74, 6) is 0.647. The van der Waals surface area contributed by atoms with Gasteiger partial charge in [-0.05, 0) is 26.0 Å². The van der Waals surface area contributed by atoms with Gasteiger partial charge in [-0.3, -0.25) is 14.3 Å². The van der Waals surface area contributed by atoms with Gasteiger partial charge in [-0.1, -0.05) is 0 Å². The van der Waals surface area contributed by atoms with Gasteiger partial charge in [0.15, 0.2) is 11.5 Å². The Hall–Kier alpha value is -3.03. The molecule has 4 rings (SSSR count). The summed E-state index contributed by atoms with van der Waals surface area (Å²) in [6, 6.07) is 5.41. The van der Waals surface area contributed by atoms with E-state index in [4.69, 9.17) is 9.47 Å². The summed E-state index contributed by atoms with van der Waals surface area (Å²) in [6.45, 7) is 5.09. The molecule has 1 aromatic carbocycles. The molecule has 2 amide bonds. The number of rotatable bonds is 3. The van der Waals surface area contributed by atoms with Crippen LogP contribution in [0.15, 0.2) is 18.2 Å². The third-order valence-corrected chi connectivity index (χ3v) is 5.09. The Balaban J connectivity index is 1.49. The molecule has 0 spiro atoms. The van der Waals surface area contributed by atoms with E-state index in [2.05, 4.69) is 10.4 Å². The summed E-state index contributed by atoms with van der Waals surface area (Å²) < 4.78 is 12.8. The summed E-state index contributed by atoms with van der Waals surface area (Å²) in [5.41, 5.74) is 3.08. The molecule has 8 nitrogen and oxygen atoms in total. The van der Waals surface area contributed by atoms with Crippen molar-refractivity contribution in [1.29, 1.82) is 0 Å². The summed E-state index contributed by atoms with van der Waals surface area (Å²) >= 11 is 0. The van der Waals surface area contributed by atoms with Gasteiger partial charge in [-0.2, -0.15) is 5.10 Å². The number of ether oxygens (including phenoxy) is 2. The monoisotopic (exact) mass is 370 g/mol. The standard InChI is InChI=1S/C19H22N4O4/c1-11-18(12(2)22(3)21-11)20-19(25)13-8-17(24)23(10-13)14-4-5-15-16(9-14)27-7-6-26-15/h4-5,9,13H,6-8,10H2,1-3H3,(H,20,25)/t13-/m1/s1. The zero-order chi connectivity index (χ0) is 19.1.